The molecule has 0 aliphatic heterocycles. The molecule has 0 saturated heterocycles. The zero-order valence-corrected chi connectivity index (χ0v) is 14.2. The van der Waals surface area contributed by atoms with Gasteiger partial charge in [-0.25, -0.2) is 9.78 Å². The number of thiazole rings is 1. The van der Waals surface area contributed by atoms with Crippen LogP contribution in [0.1, 0.15) is 38.1 Å². The van der Waals surface area contributed by atoms with Crippen LogP contribution >= 0.6 is 11.3 Å². The highest BCUT2D eigenvalue weighted by Crippen LogP contribution is 2.22. The molecular formula is C17H22N2O3S. The highest BCUT2D eigenvalue weighted by atomic mass is 32.1. The molecule has 1 amide bonds. The molecule has 0 radical (unpaired) electrons. The average Bonchev–Trinajstić information content (AvgIpc) is 2.88. The number of fused-ring (bicyclic) bond motifs is 1. The Morgan fingerprint density at radius 2 is 2.04 bits per heavy atom. The predicted octanol–water partition coefficient (Wildman–Crippen LogP) is 3.23. The van der Waals surface area contributed by atoms with Crippen molar-refractivity contribution in [2.24, 2.45) is 5.92 Å². The Labute approximate surface area is 139 Å². The number of carboxylic acids is 1. The Morgan fingerprint density at radius 1 is 1.30 bits per heavy atom. The first-order valence-corrected chi connectivity index (χ1v) is 8.64. The number of hydrogen-bond acceptors (Lipinski definition) is 4. The molecule has 0 unspecified atom stereocenters. The molecule has 0 aliphatic carbocycles. The van der Waals surface area contributed by atoms with Gasteiger partial charge in [-0.1, -0.05) is 26.0 Å². The first-order chi connectivity index (χ1) is 11.0. The van der Waals surface area contributed by atoms with Crippen LogP contribution in [0.15, 0.2) is 24.3 Å². The number of aryl methyl sites for hydroxylation is 1. The van der Waals surface area contributed by atoms with Crippen LogP contribution in [-0.2, 0) is 16.0 Å². The van der Waals surface area contributed by atoms with E-state index in [1.807, 2.05) is 38.1 Å². The Balaban J connectivity index is 1.80. The highest BCUT2D eigenvalue weighted by molar-refractivity contribution is 7.18. The smallest absolute Gasteiger partial charge is 0.326 e. The third-order valence-corrected chi connectivity index (χ3v) is 4.57. The lowest BCUT2D eigenvalue weighted by atomic mass is 10.0. The third-order valence-electron chi connectivity index (χ3n) is 3.47. The maximum atomic E-state index is 11.9. The fraction of sp³-hybridized carbons (Fsp3) is 0.471. The van der Waals surface area contributed by atoms with Crippen molar-refractivity contribution in [2.75, 3.05) is 0 Å². The van der Waals surface area contributed by atoms with Crippen molar-refractivity contribution in [3.8, 4) is 0 Å². The quantitative estimate of drug-likeness (QED) is 0.777. The number of benzene rings is 1. The van der Waals surface area contributed by atoms with Crippen LogP contribution in [-0.4, -0.2) is 28.0 Å². The lowest BCUT2D eigenvalue weighted by Gasteiger charge is -2.16. The van der Waals surface area contributed by atoms with Crippen LogP contribution in [0.4, 0.5) is 0 Å². The van der Waals surface area contributed by atoms with E-state index in [2.05, 4.69) is 10.3 Å². The van der Waals surface area contributed by atoms with E-state index >= 15 is 0 Å². The van der Waals surface area contributed by atoms with E-state index in [4.69, 9.17) is 5.11 Å². The van der Waals surface area contributed by atoms with Crippen molar-refractivity contribution < 1.29 is 14.7 Å². The van der Waals surface area contributed by atoms with Gasteiger partial charge in [0.05, 0.1) is 15.2 Å². The molecule has 1 atom stereocenters. The van der Waals surface area contributed by atoms with Gasteiger partial charge in [-0.3, -0.25) is 4.79 Å². The van der Waals surface area contributed by atoms with Crippen LogP contribution in [0.25, 0.3) is 10.2 Å². The van der Waals surface area contributed by atoms with Gasteiger partial charge in [0.1, 0.15) is 6.04 Å². The van der Waals surface area contributed by atoms with Crippen molar-refractivity contribution in [2.45, 2.75) is 45.6 Å². The molecule has 6 heteroatoms. The minimum Gasteiger partial charge on any atom is -0.480 e. The molecular weight excluding hydrogens is 312 g/mol. The van der Waals surface area contributed by atoms with Gasteiger partial charge >= 0.3 is 5.97 Å². The summed E-state index contributed by atoms with van der Waals surface area (Å²) in [5, 5.41) is 12.7. The Hall–Kier alpha value is -1.95. The van der Waals surface area contributed by atoms with E-state index < -0.39 is 12.0 Å². The van der Waals surface area contributed by atoms with E-state index in [-0.39, 0.29) is 11.8 Å². The van der Waals surface area contributed by atoms with Crippen LogP contribution in [0, 0.1) is 5.92 Å². The summed E-state index contributed by atoms with van der Waals surface area (Å²) < 4.78 is 1.15. The Bertz CT molecular complexity index is 648. The molecule has 0 bridgehead atoms. The summed E-state index contributed by atoms with van der Waals surface area (Å²) in [6.45, 7) is 3.88. The molecule has 0 aliphatic rings. The molecule has 2 aromatic rings. The Kier molecular flexibility index (Phi) is 6.10. The normalized spacial score (nSPS) is 12.5. The number of aliphatic carboxylic acids is 1. The van der Waals surface area contributed by atoms with Crippen LogP contribution in [0.2, 0.25) is 0 Å². The van der Waals surface area contributed by atoms with Crippen molar-refractivity contribution in [1.82, 2.24) is 10.3 Å². The number of carbonyl (C=O) groups is 2. The number of carbonyl (C=O) groups excluding carboxylic acids is 1. The topological polar surface area (TPSA) is 79.3 Å². The molecule has 0 spiro atoms. The third kappa shape index (κ3) is 5.32. The maximum absolute atomic E-state index is 11.9. The number of carboxylic acid groups (broad SMARTS) is 1. The summed E-state index contributed by atoms with van der Waals surface area (Å²) in [6.07, 6.45) is 2.16. The molecule has 1 aromatic carbocycles. The second-order valence-electron chi connectivity index (χ2n) is 6.02. The van der Waals surface area contributed by atoms with E-state index in [9.17, 15) is 9.59 Å². The summed E-state index contributed by atoms with van der Waals surface area (Å²) in [4.78, 5) is 27.6. The molecule has 23 heavy (non-hydrogen) atoms. The van der Waals surface area contributed by atoms with Crippen molar-refractivity contribution in [3.63, 3.8) is 0 Å². The van der Waals surface area contributed by atoms with E-state index in [0.29, 0.717) is 19.3 Å². The molecule has 2 rings (SSSR count). The highest BCUT2D eigenvalue weighted by Gasteiger charge is 2.20. The number of hydrogen-bond donors (Lipinski definition) is 2. The SMILES string of the molecule is CC(C)C[C@@H](NC(=O)CCCc1nc2ccccc2s1)C(=O)O. The molecule has 0 fully saturated rings. The van der Waals surface area contributed by atoms with Gasteiger partial charge in [0.2, 0.25) is 5.91 Å². The minimum absolute atomic E-state index is 0.209. The molecule has 1 heterocycles. The average molecular weight is 334 g/mol. The summed E-state index contributed by atoms with van der Waals surface area (Å²) in [7, 11) is 0. The number of rotatable bonds is 8. The van der Waals surface area contributed by atoms with E-state index in [1.54, 1.807) is 11.3 Å². The van der Waals surface area contributed by atoms with Gasteiger partial charge in [-0.05, 0) is 37.3 Å². The van der Waals surface area contributed by atoms with Crippen molar-refractivity contribution in [1.29, 1.82) is 0 Å². The van der Waals surface area contributed by atoms with Crippen molar-refractivity contribution in [3.05, 3.63) is 29.3 Å². The molecule has 5 nitrogen and oxygen atoms in total. The van der Waals surface area contributed by atoms with Gasteiger partial charge in [-0.15, -0.1) is 11.3 Å². The van der Waals surface area contributed by atoms with Gasteiger partial charge in [0.15, 0.2) is 0 Å². The monoisotopic (exact) mass is 334 g/mol. The van der Waals surface area contributed by atoms with Gasteiger partial charge in [0, 0.05) is 6.42 Å². The predicted molar refractivity (Wildman–Crippen MR) is 91.6 cm³/mol. The summed E-state index contributed by atoms with van der Waals surface area (Å²) in [5.74, 6) is -0.962. The summed E-state index contributed by atoms with van der Waals surface area (Å²) >= 11 is 1.64. The molecule has 2 N–H and O–H groups in total. The largest absolute Gasteiger partial charge is 0.480 e. The number of nitrogens with one attached hydrogen (secondary N) is 1. The second-order valence-corrected chi connectivity index (χ2v) is 7.13. The number of amides is 1. The lowest BCUT2D eigenvalue weighted by Crippen LogP contribution is -2.41. The van der Waals surface area contributed by atoms with E-state index in [0.717, 1.165) is 21.6 Å². The molecule has 124 valence electrons. The van der Waals surface area contributed by atoms with Gasteiger partial charge < -0.3 is 10.4 Å². The lowest BCUT2D eigenvalue weighted by molar-refractivity contribution is -0.142. The maximum Gasteiger partial charge on any atom is 0.326 e. The number of nitrogens with zero attached hydrogens (tertiary/aromatic N) is 1. The molecule has 1 aromatic heterocycles. The number of aromatic nitrogens is 1. The van der Waals surface area contributed by atoms with E-state index in [1.165, 1.54) is 0 Å². The zero-order chi connectivity index (χ0) is 16.8. The summed E-state index contributed by atoms with van der Waals surface area (Å²) in [6, 6.07) is 7.15. The fourth-order valence-corrected chi connectivity index (χ4v) is 3.40. The van der Waals surface area contributed by atoms with Crippen molar-refractivity contribution >= 4 is 33.4 Å². The fourth-order valence-electron chi connectivity index (χ4n) is 2.39. The van der Waals surface area contributed by atoms with Gasteiger partial charge in [-0.2, -0.15) is 0 Å². The second kappa shape index (κ2) is 8.06. The minimum atomic E-state index is -0.974. The first-order valence-electron chi connectivity index (χ1n) is 7.82. The Morgan fingerprint density at radius 3 is 2.70 bits per heavy atom. The van der Waals surface area contributed by atoms with Crippen LogP contribution < -0.4 is 5.32 Å². The number of para-hydroxylation sites is 1. The molecule has 0 saturated carbocycles. The summed E-state index contributed by atoms with van der Waals surface area (Å²) in [5.41, 5.74) is 0.986. The van der Waals surface area contributed by atoms with Crippen LogP contribution in [0.5, 0.6) is 0 Å². The standard InChI is InChI=1S/C17H22N2O3S/c1-11(2)10-13(17(21)22)18-15(20)8-5-9-16-19-12-6-3-4-7-14(12)23-16/h3-4,6-7,11,13H,5,8-10H2,1-2H3,(H,18,20)(H,21,22)/t13-/m1/s1. The first kappa shape index (κ1) is 17.4. The van der Waals surface area contributed by atoms with Gasteiger partial charge in [0.25, 0.3) is 0 Å². The van der Waals surface area contributed by atoms with Crippen LogP contribution in [0.3, 0.4) is 0 Å². The zero-order valence-electron chi connectivity index (χ0n) is 13.4.